The molecule has 0 unspecified atom stereocenters. The van der Waals surface area contributed by atoms with E-state index in [0.717, 1.165) is 28.5 Å². The first kappa shape index (κ1) is 15.3. The van der Waals surface area contributed by atoms with Gasteiger partial charge in [-0.25, -0.2) is 0 Å². The smallest absolute Gasteiger partial charge is 0.224 e. The second-order valence-corrected chi connectivity index (χ2v) is 5.98. The first-order chi connectivity index (χ1) is 11.2. The monoisotopic (exact) mass is 306 g/mol. The number of carbonyl (C=O) groups is 1. The molecule has 118 valence electrons. The molecule has 3 heteroatoms. The zero-order chi connectivity index (χ0) is 16.2. The molecule has 2 N–H and O–H groups in total. The number of aromatic amines is 1. The number of benzene rings is 2. The summed E-state index contributed by atoms with van der Waals surface area (Å²) < 4.78 is 0. The molecule has 3 aromatic rings. The minimum Gasteiger partial charge on any atom is -0.361 e. The Morgan fingerprint density at radius 1 is 1.13 bits per heavy atom. The molecule has 3 nitrogen and oxygen atoms in total. The van der Waals surface area contributed by atoms with E-state index in [4.69, 9.17) is 0 Å². The maximum Gasteiger partial charge on any atom is 0.224 e. The Balaban J connectivity index is 1.71. The maximum atomic E-state index is 12.4. The van der Waals surface area contributed by atoms with Gasteiger partial charge in [0.05, 0.1) is 12.5 Å². The number of para-hydroxylation sites is 1. The van der Waals surface area contributed by atoms with Gasteiger partial charge in [0.2, 0.25) is 5.91 Å². The van der Waals surface area contributed by atoms with Crippen LogP contribution < -0.4 is 5.32 Å². The summed E-state index contributed by atoms with van der Waals surface area (Å²) in [6.07, 6.45) is 3.20. The zero-order valence-electron chi connectivity index (χ0n) is 13.6. The Hall–Kier alpha value is -2.55. The Morgan fingerprint density at radius 2 is 1.87 bits per heavy atom. The van der Waals surface area contributed by atoms with Gasteiger partial charge >= 0.3 is 0 Å². The van der Waals surface area contributed by atoms with Crippen LogP contribution in [0.1, 0.15) is 36.1 Å². The van der Waals surface area contributed by atoms with Crippen molar-refractivity contribution in [2.24, 2.45) is 0 Å². The predicted molar refractivity (Wildman–Crippen MR) is 94.4 cm³/mol. The Labute approximate surface area is 136 Å². The highest BCUT2D eigenvalue weighted by molar-refractivity contribution is 5.88. The van der Waals surface area contributed by atoms with Gasteiger partial charge in [0, 0.05) is 17.1 Å². The first-order valence-electron chi connectivity index (χ1n) is 8.08. The van der Waals surface area contributed by atoms with Gasteiger partial charge in [0.15, 0.2) is 0 Å². The molecule has 0 radical (unpaired) electrons. The van der Waals surface area contributed by atoms with Gasteiger partial charge in [0.1, 0.15) is 0 Å². The Bertz CT molecular complexity index is 802. The molecule has 0 saturated carbocycles. The van der Waals surface area contributed by atoms with Gasteiger partial charge in [-0.15, -0.1) is 0 Å². The summed E-state index contributed by atoms with van der Waals surface area (Å²) in [6.45, 7) is 4.16. The minimum absolute atomic E-state index is 0.0576. The summed E-state index contributed by atoms with van der Waals surface area (Å²) in [6, 6.07) is 16.5. The highest BCUT2D eigenvalue weighted by Gasteiger charge is 2.14. The lowest BCUT2D eigenvalue weighted by atomic mass is 10.0. The standard InChI is InChI=1S/C20H22N2O/c1-3-18(15-10-8-14(2)9-11-15)22-20(23)12-16-13-21-19-7-5-4-6-17(16)19/h4-11,13,18,21H,3,12H2,1-2H3,(H,22,23)/t18-/m0/s1. The molecule has 0 aliphatic carbocycles. The van der Waals surface area contributed by atoms with Crippen LogP contribution in [0.25, 0.3) is 10.9 Å². The molecule has 2 aromatic carbocycles. The van der Waals surface area contributed by atoms with Crippen LogP contribution >= 0.6 is 0 Å². The van der Waals surface area contributed by atoms with E-state index in [1.807, 2.05) is 30.5 Å². The number of aromatic nitrogens is 1. The third-order valence-electron chi connectivity index (χ3n) is 4.25. The number of carbonyl (C=O) groups excluding carboxylic acids is 1. The van der Waals surface area contributed by atoms with Crippen molar-refractivity contribution in [3.63, 3.8) is 0 Å². The molecule has 0 saturated heterocycles. The van der Waals surface area contributed by atoms with Crippen LogP contribution in [-0.4, -0.2) is 10.9 Å². The summed E-state index contributed by atoms with van der Waals surface area (Å²) in [5.41, 5.74) is 4.50. The molecule has 0 aliphatic heterocycles. The molecule has 23 heavy (non-hydrogen) atoms. The van der Waals surface area contributed by atoms with Crippen molar-refractivity contribution in [1.82, 2.24) is 10.3 Å². The van der Waals surface area contributed by atoms with E-state index in [9.17, 15) is 4.79 Å². The van der Waals surface area contributed by atoms with Gasteiger partial charge in [-0.1, -0.05) is 55.0 Å². The average Bonchev–Trinajstić information content (AvgIpc) is 2.97. The van der Waals surface area contributed by atoms with E-state index in [1.54, 1.807) is 0 Å². The molecule has 1 heterocycles. The highest BCUT2D eigenvalue weighted by atomic mass is 16.1. The quantitative estimate of drug-likeness (QED) is 0.726. The number of amides is 1. The van der Waals surface area contributed by atoms with Crippen LogP contribution in [0.4, 0.5) is 0 Å². The Kier molecular flexibility index (Phi) is 4.47. The first-order valence-corrected chi connectivity index (χ1v) is 8.08. The van der Waals surface area contributed by atoms with Crippen LogP contribution in [0, 0.1) is 6.92 Å². The van der Waals surface area contributed by atoms with Gasteiger partial charge < -0.3 is 10.3 Å². The summed E-state index contributed by atoms with van der Waals surface area (Å²) >= 11 is 0. The number of nitrogens with one attached hydrogen (secondary N) is 2. The molecule has 1 atom stereocenters. The van der Waals surface area contributed by atoms with Gasteiger partial charge in [0.25, 0.3) is 0 Å². The van der Waals surface area contributed by atoms with Crippen molar-refractivity contribution in [2.75, 3.05) is 0 Å². The molecule has 1 aromatic heterocycles. The maximum absolute atomic E-state index is 12.4. The third-order valence-corrected chi connectivity index (χ3v) is 4.25. The van der Waals surface area contributed by atoms with Crippen molar-refractivity contribution in [3.8, 4) is 0 Å². The fourth-order valence-electron chi connectivity index (χ4n) is 2.92. The van der Waals surface area contributed by atoms with Crippen LogP contribution in [0.15, 0.2) is 54.7 Å². The van der Waals surface area contributed by atoms with E-state index in [1.165, 1.54) is 5.56 Å². The van der Waals surface area contributed by atoms with Crippen molar-refractivity contribution in [2.45, 2.75) is 32.7 Å². The molecule has 0 bridgehead atoms. The summed E-state index contributed by atoms with van der Waals surface area (Å²) in [5.74, 6) is 0.0576. The van der Waals surface area contributed by atoms with Crippen LogP contribution in [0.2, 0.25) is 0 Å². The van der Waals surface area contributed by atoms with Gasteiger partial charge in [-0.2, -0.15) is 0 Å². The number of H-pyrrole nitrogens is 1. The number of hydrogen-bond acceptors (Lipinski definition) is 1. The van der Waals surface area contributed by atoms with Gasteiger partial charge in [-0.3, -0.25) is 4.79 Å². The average molecular weight is 306 g/mol. The largest absolute Gasteiger partial charge is 0.361 e. The molecule has 0 fully saturated rings. The SMILES string of the molecule is CC[C@H](NC(=O)Cc1c[nH]c2ccccc12)c1ccc(C)cc1. The number of hydrogen-bond donors (Lipinski definition) is 2. The zero-order valence-corrected chi connectivity index (χ0v) is 13.6. The van der Waals surface area contributed by atoms with E-state index >= 15 is 0 Å². The van der Waals surface area contributed by atoms with Crippen molar-refractivity contribution >= 4 is 16.8 Å². The fourth-order valence-corrected chi connectivity index (χ4v) is 2.92. The fraction of sp³-hybridized carbons (Fsp3) is 0.250. The molecule has 0 spiro atoms. The normalized spacial score (nSPS) is 12.3. The predicted octanol–water partition coefficient (Wildman–Crippen LogP) is 4.29. The summed E-state index contributed by atoms with van der Waals surface area (Å²) in [5, 5.41) is 4.27. The summed E-state index contributed by atoms with van der Waals surface area (Å²) in [7, 11) is 0. The highest BCUT2D eigenvalue weighted by Crippen LogP contribution is 2.20. The summed E-state index contributed by atoms with van der Waals surface area (Å²) in [4.78, 5) is 15.7. The lowest BCUT2D eigenvalue weighted by molar-refractivity contribution is -0.121. The second-order valence-electron chi connectivity index (χ2n) is 5.98. The Morgan fingerprint density at radius 3 is 2.61 bits per heavy atom. The number of rotatable bonds is 5. The molecular weight excluding hydrogens is 284 g/mol. The van der Waals surface area contributed by atoms with Crippen LogP contribution in [0.3, 0.4) is 0 Å². The molecule has 1 amide bonds. The molecule has 0 aliphatic rings. The lowest BCUT2D eigenvalue weighted by Gasteiger charge is -2.17. The van der Waals surface area contributed by atoms with Crippen molar-refractivity contribution in [1.29, 1.82) is 0 Å². The van der Waals surface area contributed by atoms with E-state index in [-0.39, 0.29) is 11.9 Å². The lowest BCUT2D eigenvalue weighted by Crippen LogP contribution is -2.29. The van der Waals surface area contributed by atoms with E-state index in [0.29, 0.717) is 6.42 Å². The minimum atomic E-state index is 0.0576. The van der Waals surface area contributed by atoms with Crippen molar-refractivity contribution < 1.29 is 4.79 Å². The third kappa shape index (κ3) is 3.45. The number of aryl methyl sites for hydroxylation is 1. The second kappa shape index (κ2) is 6.69. The van der Waals surface area contributed by atoms with E-state index in [2.05, 4.69) is 48.4 Å². The number of fused-ring (bicyclic) bond motifs is 1. The topological polar surface area (TPSA) is 44.9 Å². The van der Waals surface area contributed by atoms with Crippen LogP contribution in [0.5, 0.6) is 0 Å². The molecular formula is C20H22N2O. The van der Waals surface area contributed by atoms with Gasteiger partial charge in [-0.05, 0) is 30.5 Å². The van der Waals surface area contributed by atoms with Crippen LogP contribution in [-0.2, 0) is 11.2 Å². The molecule has 3 rings (SSSR count). The van der Waals surface area contributed by atoms with Crippen molar-refractivity contribution in [3.05, 3.63) is 71.4 Å². The van der Waals surface area contributed by atoms with E-state index < -0.39 is 0 Å².